The highest BCUT2D eigenvalue weighted by atomic mass is 16.1. The van der Waals surface area contributed by atoms with Gasteiger partial charge in [-0.1, -0.05) is 24.3 Å². The normalized spacial score (nSPS) is 11.2. The molecular formula is C19H22N4O. The molecule has 0 atom stereocenters. The predicted octanol–water partition coefficient (Wildman–Crippen LogP) is 3.41. The lowest BCUT2D eigenvalue weighted by Crippen LogP contribution is -2.21. The lowest BCUT2D eigenvalue weighted by atomic mass is 9.96. The van der Waals surface area contributed by atoms with Crippen molar-refractivity contribution in [3.63, 3.8) is 0 Å². The quantitative estimate of drug-likeness (QED) is 0.683. The van der Waals surface area contributed by atoms with E-state index < -0.39 is 0 Å². The number of nitrogens with zero attached hydrogens (tertiary/aromatic N) is 2. The number of pyridine rings is 1. The van der Waals surface area contributed by atoms with Crippen molar-refractivity contribution in [1.82, 2.24) is 14.9 Å². The van der Waals surface area contributed by atoms with Gasteiger partial charge in [0.1, 0.15) is 11.5 Å². The average Bonchev–Trinajstić information content (AvgIpc) is 3.02. The Hall–Kier alpha value is -2.66. The minimum atomic E-state index is 0.0632. The average molecular weight is 322 g/mol. The summed E-state index contributed by atoms with van der Waals surface area (Å²) in [6, 6.07) is 11.7. The number of H-pyrrole nitrogens is 1. The molecule has 0 aliphatic rings. The van der Waals surface area contributed by atoms with Crippen molar-refractivity contribution in [1.29, 1.82) is 0 Å². The summed E-state index contributed by atoms with van der Waals surface area (Å²) in [7, 11) is 4.08. The Labute approximate surface area is 141 Å². The number of hydrogen-bond donors (Lipinski definition) is 2. The summed E-state index contributed by atoms with van der Waals surface area (Å²) in [5.41, 5.74) is 3.50. The molecule has 0 amide bonds. The minimum Gasteiger partial charge on any atom is -0.369 e. The van der Waals surface area contributed by atoms with Crippen molar-refractivity contribution in [2.45, 2.75) is 6.92 Å². The third kappa shape index (κ3) is 3.31. The number of hydrogen-bond acceptors (Lipinski definition) is 4. The fraction of sp³-hybridized carbons (Fsp3) is 0.263. The van der Waals surface area contributed by atoms with E-state index in [1.54, 1.807) is 6.92 Å². The maximum atomic E-state index is 12.0. The Balaban J connectivity index is 2.07. The summed E-state index contributed by atoms with van der Waals surface area (Å²) in [4.78, 5) is 21.9. The molecule has 0 radical (unpaired) electrons. The number of ketones is 1. The smallest absolute Gasteiger partial charge is 0.160 e. The van der Waals surface area contributed by atoms with E-state index in [4.69, 9.17) is 0 Å². The highest BCUT2D eigenvalue weighted by molar-refractivity contribution is 6.05. The molecule has 0 spiro atoms. The summed E-state index contributed by atoms with van der Waals surface area (Å²) in [6.07, 6.45) is 1.88. The Morgan fingerprint density at radius 1 is 1.21 bits per heavy atom. The number of likely N-dealkylation sites (N-methyl/N-ethyl adjacent to an activating group) is 1. The summed E-state index contributed by atoms with van der Waals surface area (Å²) >= 11 is 0. The summed E-state index contributed by atoms with van der Waals surface area (Å²) in [6.45, 7) is 3.33. The van der Waals surface area contributed by atoms with Crippen LogP contribution in [0.5, 0.6) is 0 Å². The topological polar surface area (TPSA) is 61.0 Å². The molecule has 3 rings (SSSR count). The van der Waals surface area contributed by atoms with Crippen molar-refractivity contribution in [3.05, 3.63) is 48.2 Å². The van der Waals surface area contributed by atoms with Gasteiger partial charge in [0.2, 0.25) is 0 Å². The molecule has 0 aliphatic heterocycles. The Bertz CT molecular complexity index is 867. The van der Waals surface area contributed by atoms with Crippen LogP contribution in [-0.2, 0) is 0 Å². The van der Waals surface area contributed by atoms with Crippen LogP contribution in [0.2, 0.25) is 0 Å². The molecule has 0 saturated heterocycles. The molecule has 3 aromatic rings. The van der Waals surface area contributed by atoms with Crippen LogP contribution in [0.1, 0.15) is 17.3 Å². The number of carbonyl (C=O) groups excluding carboxylic acids is 1. The van der Waals surface area contributed by atoms with Crippen LogP contribution in [0, 0.1) is 0 Å². The van der Waals surface area contributed by atoms with Crippen molar-refractivity contribution in [3.8, 4) is 11.1 Å². The first kappa shape index (κ1) is 16.2. The maximum absolute atomic E-state index is 12.0. The van der Waals surface area contributed by atoms with E-state index in [-0.39, 0.29) is 5.78 Å². The second kappa shape index (κ2) is 6.84. The first-order valence-corrected chi connectivity index (χ1v) is 8.03. The Morgan fingerprint density at radius 3 is 2.75 bits per heavy atom. The maximum Gasteiger partial charge on any atom is 0.160 e. The molecule has 0 aliphatic carbocycles. The number of Topliss-reactive ketones (excluding diaryl/α,β-unsaturated/α-hetero) is 1. The van der Waals surface area contributed by atoms with Crippen LogP contribution in [-0.4, -0.2) is 47.8 Å². The molecule has 2 heterocycles. The Morgan fingerprint density at radius 2 is 2.00 bits per heavy atom. The van der Waals surface area contributed by atoms with Crippen molar-refractivity contribution < 1.29 is 4.79 Å². The zero-order chi connectivity index (χ0) is 17.1. The molecule has 24 heavy (non-hydrogen) atoms. The van der Waals surface area contributed by atoms with Gasteiger partial charge in [-0.3, -0.25) is 4.79 Å². The summed E-state index contributed by atoms with van der Waals surface area (Å²) in [5, 5.41) is 4.37. The van der Waals surface area contributed by atoms with E-state index in [2.05, 4.69) is 20.2 Å². The number of rotatable bonds is 6. The number of benzene rings is 1. The standard InChI is InChI=1S/C19H22N4O/c1-13(24)14-6-4-5-7-15(14)17-12-18(20-10-11-23(2)3)22-19-16(17)8-9-21-19/h4-9,12H,10-11H2,1-3H3,(H2,20,21,22). The lowest BCUT2D eigenvalue weighted by Gasteiger charge is -2.13. The predicted molar refractivity (Wildman–Crippen MR) is 98.6 cm³/mol. The lowest BCUT2D eigenvalue weighted by molar-refractivity contribution is 0.101. The van der Waals surface area contributed by atoms with E-state index in [0.29, 0.717) is 0 Å². The van der Waals surface area contributed by atoms with E-state index in [1.165, 1.54) is 0 Å². The van der Waals surface area contributed by atoms with Crippen LogP contribution in [0.25, 0.3) is 22.2 Å². The molecule has 0 saturated carbocycles. The number of fused-ring (bicyclic) bond motifs is 1. The fourth-order valence-corrected chi connectivity index (χ4v) is 2.78. The van der Waals surface area contributed by atoms with Crippen molar-refractivity contribution >= 4 is 22.6 Å². The molecule has 0 unspecified atom stereocenters. The van der Waals surface area contributed by atoms with Gasteiger partial charge in [-0.25, -0.2) is 4.98 Å². The Kier molecular flexibility index (Phi) is 4.62. The van der Waals surface area contributed by atoms with Crippen LogP contribution >= 0.6 is 0 Å². The highest BCUT2D eigenvalue weighted by Gasteiger charge is 2.14. The van der Waals surface area contributed by atoms with E-state index >= 15 is 0 Å². The van der Waals surface area contributed by atoms with Gasteiger partial charge in [-0.2, -0.15) is 0 Å². The first-order valence-electron chi connectivity index (χ1n) is 8.03. The van der Waals surface area contributed by atoms with Gasteiger partial charge in [0.05, 0.1) is 0 Å². The molecule has 1 aromatic carbocycles. The third-order valence-electron chi connectivity index (χ3n) is 3.99. The minimum absolute atomic E-state index is 0.0632. The molecule has 2 N–H and O–H groups in total. The number of carbonyl (C=O) groups is 1. The zero-order valence-corrected chi connectivity index (χ0v) is 14.3. The van der Waals surface area contributed by atoms with Crippen molar-refractivity contribution in [2.75, 3.05) is 32.5 Å². The van der Waals surface area contributed by atoms with Crippen LogP contribution in [0.15, 0.2) is 42.6 Å². The van der Waals surface area contributed by atoms with Gasteiger partial charge in [0, 0.05) is 30.2 Å². The van der Waals surface area contributed by atoms with Crippen molar-refractivity contribution in [2.24, 2.45) is 0 Å². The van der Waals surface area contributed by atoms with E-state index in [0.717, 1.165) is 46.6 Å². The largest absolute Gasteiger partial charge is 0.369 e. The zero-order valence-electron chi connectivity index (χ0n) is 14.3. The number of nitrogens with one attached hydrogen (secondary N) is 2. The molecule has 0 bridgehead atoms. The number of anilines is 1. The molecule has 0 fully saturated rings. The molecular weight excluding hydrogens is 300 g/mol. The van der Waals surface area contributed by atoms with E-state index in [1.807, 2.05) is 56.7 Å². The molecule has 5 nitrogen and oxygen atoms in total. The third-order valence-corrected chi connectivity index (χ3v) is 3.99. The molecule has 5 heteroatoms. The van der Waals surface area contributed by atoms with Gasteiger partial charge in [-0.15, -0.1) is 0 Å². The number of aromatic amines is 1. The van der Waals surface area contributed by atoms with Crippen LogP contribution in [0.4, 0.5) is 5.82 Å². The van der Waals surface area contributed by atoms with Gasteiger partial charge in [-0.05, 0) is 44.3 Å². The second-order valence-corrected chi connectivity index (χ2v) is 6.13. The summed E-state index contributed by atoms with van der Waals surface area (Å²) < 4.78 is 0. The monoisotopic (exact) mass is 322 g/mol. The van der Waals surface area contributed by atoms with Crippen LogP contribution in [0.3, 0.4) is 0 Å². The van der Waals surface area contributed by atoms with E-state index in [9.17, 15) is 4.79 Å². The molecule has 2 aromatic heterocycles. The second-order valence-electron chi connectivity index (χ2n) is 6.13. The number of aromatic nitrogens is 2. The fourth-order valence-electron chi connectivity index (χ4n) is 2.78. The first-order chi connectivity index (χ1) is 11.6. The van der Waals surface area contributed by atoms with Gasteiger partial charge in [0.25, 0.3) is 0 Å². The van der Waals surface area contributed by atoms with Gasteiger partial charge < -0.3 is 15.2 Å². The van der Waals surface area contributed by atoms with Gasteiger partial charge in [0.15, 0.2) is 5.78 Å². The van der Waals surface area contributed by atoms with Gasteiger partial charge >= 0.3 is 0 Å². The molecule has 124 valence electrons. The van der Waals surface area contributed by atoms with Crippen LogP contribution < -0.4 is 5.32 Å². The summed E-state index contributed by atoms with van der Waals surface area (Å²) in [5.74, 6) is 0.869. The highest BCUT2D eigenvalue weighted by Crippen LogP contribution is 2.32. The SMILES string of the molecule is CC(=O)c1ccccc1-c1cc(NCCN(C)C)nc2[nH]ccc12.